The first-order valence-electron chi connectivity index (χ1n) is 8.01. The summed E-state index contributed by atoms with van der Waals surface area (Å²) in [7, 11) is -3.42. The zero-order chi connectivity index (χ0) is 17.0. The van der Waals surface area contributed by atoms with Crippen LogP contribution in [0.5, 0.6) is 0 Å². The average Bonchev–Trinajstić information content (AvgIpc) is 2.58. The zero-order valence-corrected chi connectivity index (χ0v) is 14.6. The molecule has 0 aromatic heterocycles. The number of hydrogen-bond acceptors (Lipinski definition) is 4. The van der Waals surface area contributed by atoms with E-state index in [4.69, 9.17) is 4.74 Å². The molecular formula is C18H22N2O3S. The van der Waals surface area contributed by atoms with Gasteiger partial charge in [0, 0.05) is 24.5 Å². The number of benzene rings is 2. The highest BCUT2D eigenvalue weighted by Gasteiger charge is 2.13. The van der Waals surface area contributed by atoms with E-state index < -0.39 is 10.0 Å². The third-order valence-corrected chi connectivity index (χ3v) is 5.25. The van der Waals surface area contributed by atoms with Crippen molar-refractivity contribution in [1.29, 1.82) is 0 Å². The van der Waals surface area contributed by atoms with Crippen molar-refractivity contribution >= 4 is 21.4 Å². The maximum absolute atomic E-state index is 12.3. The lowest BCUT2D eigenvalue weighted by Crippen LogP contribution is -2.36. The van der Waals surface area contributed by atoms with Crippen molar-refractivity contribution in [3.05, 3.63) is 59.7 Å². The molecule has 1 fully saturated rings. The fourth-order valence-corrected chi connectivity index (χ4v) is 3.88. The monoisotopic (exact) mass is 346 g/mol. The molecule has 0 bridgehead atoms. The van der Waals surface area contributed by atoms with Crippen molar-refractivity contribution in [2.24, 2.45) is 0 Å². The van der Waals surface area contributed by atoms with Crippen LogP contribution >= 0.6 is 0 Å². The summed E-state index contributed by atoms with van der Waals surface area (Å²) in [5, 5.41) is 0. The molecule has 0 saturated carbocycles. The molecule has 1 heterocycles. The van der Waals surface area contributed by atoms with Gasteiger partial charge in [0.15, 0.2) is 0 Å². The molecule has 0 aliphatic carbocycles. The van der Waals surface area contributed by atoms with Gasteiger partial charge in [0.1, 0.15) is 0 Å². The SMILES string of the molecule is Cc1ccc(CS(=O)(=O)Nc2ccc(N3CCOCC3)cc2)cc1. The number of morpholine rings is 1. The third-order valence-electron chi connectivity index (χ3n) is 3.99. The minimum atomic E-state index is -3.42. The number of sulfonamides is 1. The van der Waals surface area contributed by atoms with Crippen LogP contribution < -0.4 is 9.62 Å². The van der Waals surface area contributed by atoms with Crippen molar-refractivity contribution in [2.75, 3.05) is 35.9 Å². The molecule has 1 aliphatic heterocycles. The van der Waals surface area contributed by atoms with Gasteiger partial charge in [-0.25, -0.2) is 8.42 Å². The first kappa shape index (κ1) is 16.8. The molecule has 1 saturated heterocycles. The van der Waals surface area contributed by atoms with Gasteiger partial charge in [-0.1, -0.05) is 29.8 Å². The van der Waals surface area contributed by atoms with Crippen LogP contribution in [0, 0.1) is 6.92 Å². The Balaban J connectivity index is 1.64. The van der Waals surface area contributed by atoms with Gasteiger partial charge in [-0.05, 0) is 36.8 Å². The standard InChI is InChI=1S/C18H22N2O3S/c1-15-2-4-16(5-3-15)14-24(21,22)19-17-6-8-18(9-7-17)20-10-12-23-13-11-20/h2-9,19H,10-14H2,1H3. The van der Waals surface area contributed by atoms with E-state index in [1.807, 2.05) is 43.3 Å². The van der Waals surface area contributed by atoms with Crippen molar-refractivity contribution in [3.8, 4) is 0 Å². The predicted octanol–water partition coefficient (Wildman–Crippen LogP) is 2.77. The predicted molar refractivity (Wildman–Crippen MR) is 96.9 cm³/mol. The Kier molecular flexibility index (Phi) is 5.06. The minimum Gasteiger partial charge on any atom is -0.378 e. The van der Waals surface area contributed by atoms with E-state index in [1.165, 1.54) is 0 Å². The lowest BCUT2D eigenvalue weighted by Gasteiger charge is -2.28. The second kappa shape index (κ2) is 7.23. The van der Waals surface area contributed by atoms with Gasteiger partial charge >= 0.3 is 0 Å². The molecule has 1 aliphatic rings. The largest absolute Gasteiger partial charge is 0.378 e. The zero-order valence-electron chi connectivity index (χ0n) is 13.7. The topological polar surface area (TPSA) is 58.6 Å². The molecule has 128 valence electrons. The molecule has 0 radical (unpaired) electrons. The normalized spacial score (nSPS) is 15.3. The molecular weight excluding hydrogens is 324 g/mol. The summed E-state index contributed by atoms with van der Waals surface area (Å²) in [5.41, 5.74) is 3.56. The Morgan fingerprint density at radius 1 is 1.00 bits per heavy atom. The fraction of sp³-hybridized carbons (Fsp3) is 0.333. The molecule has 0 unspecified atom stereocenters. The van der Waals surface area contributed by atoms with Crippen LogP contribution in [0.25, 0.3) is 0 Å². The summed E-state index contributed by atoms with van der Waals surface area (Å²) in [5.74, 6) is -0.0293. The Hall–Kier alpha value is -2.05. The van der Waals surface area contributed by atoms with Crippen LogP contribution in [0.4, 0.5) is 11.4 Å². The molecule has 2 aromatic rings. The quantitative estimate of drug-likeness (QED) is 0.904. The van der Waals surface area contributed by atoms with Crippen LogP contribution in [0.15, 0.2) is 48.5 Å². The fourth-order valence-electron chi connectivity index (χ4n) is 2.68. The second-order valence-electron chi connectivity index (χ2n) is 5.99. The molecule has 0 atom stereocenters. The van der Waals surface area contributed by atoms with E-state index in [0.29, 0.717) is 5.69 Å². The van der Waals surface area contributed by atoms with E-state index in [1.54, 1.807) is 12.1 Å². The number of nitrogens with zero attached hydrogens (tertiary/aromatic N) is 1. The van der Waals surface area contributed by atoms with E-state index in [-0.39, 0.29) is 5.75 Å². The van der Waals surface area contributed by atoms with Crippen LogP contribution in [0.2, 0.25) is 0 Å². The second-order valence-corrected chi connectivity index (χ2v) is 7.72. The van der Waals surface area contributed by atoms with Crippen LogP contribution in [-0.4, -0.2) is 34.7 Å². The minimum absolute atomic E-state index is 0.0293. The van der Waals surface area contributed by atoms with Gasteiger partial charge in [0.2, 0.25) is 10.0 Å². The Morgan fingerprint density at radius 3 is 2.25 bits per heavy atom. The van der Waals surface area contributed by atoms with Gasteiger partial charge in [0.25, 0.3) is 0 Å². The summed E-state index contributed by atoms with van der Waals surface area (Å²) in [6.07, 6.45) is 0. The number of aryl methyl sites for hydroxylation is 1. The first-order chi connectivity index (χ1) is 11.5. The Labute approximate surface area is 143 Å². The molecule has 3 rings (SSSR count). The van der Waals surface area contributed by atoms with Crippen molar-refractivity contribution in [1.82, 2.24) is 0 Å². The van der Waals surface area contributed by atoms with Crippen LogP contribution in [-0.2, 0) is 20.5 Å². The summed E-state index contributed by atoms with van der Waals surface area (Å²) in [6, 6.07) is 15.0. The lowest BCUT2D eigenvalue weighted by atomic mass is 10.2. The molecule has 2 aromatic carbocycles. The van der Waals surface area contributed by atoms with Gasteiger partial charge in [0.05, 0.1) is 19.0 Å². The van der Waals surface area contributed by atoms with E-state index in [2.05, 4.69) is 9.62 Å². The van der Waals surface area contributed by atoms with E-state index in [0.717, 1.165) is 43.1 Å². The smallest absolute Gasteiger partial charge is 0.236 e. The lowest BCUT2D eigenvalue weighted by molar-refractivity contribution is 0.122. The Morgan fingerprint density at radius 2 is 1.62 bits per heavy atom. The average molecular weight is 346 g/mol. The summed E-state index contributed by atoms with van der Waals surface area (Å²) < 4.78 is 32.6. The van der Waals surface area contributed by atoms with Crippen molar-refractivity contribution in [2.45, 2.75) is 12.7 Å². The highest BCUT2D eigenvalue weighted by Crippen LogP contribution is 2.20. The number of rotatable bonds is 5. The molecule has 6 heteroatoms. The van der Waals surface area contributed by atoms with Crippen molar-refractivity contribution < 1.29 is 13.2 Å². The number of ether oxygens (including phenoxy) is 1. The highest BCUT2D eigenvalue weighted by atomic mass is 32.2. The van der Waals surface area contributed by atoms with Crippen molar-refractivity contribution in [3.63, 3.8) is 0 Å². The molecule has 0 spiro atoms. The number of hydrogen-bond donors (Lipinski definition) is 1. The molecule has 24 heavy (non-hydrogen) atoms. The van der Waals surface area contributed by atoms with Gasteiger partial charge in [-0.15, -0.1) is 0 Å². The highest BCUT2D eigenvalue weighted by molar-refractivity contribution is 7.91. The maximum atomic E-state index is 12.3. The van der Waals surface area contributed by atoms with Gasteiger partial charge < -0.3 is 9.64 Å². The van der Waals surface area contributed by atoms with Crippen LogP contribution in [0.1, 0.15) is 11.1 Å². The summed E-state index contributed by atoms with van der Waals surface area (Å²) >= 11 is 0. The summed E-state index contributed by atoms with van der Waals surface area (Å²) in [4.78, 5) is 2.23. The number of nitrogens with one attached hydrogen (secondary N) is 1. The van der Waals surface area contributed by atoms with Gasteiger partial charge in [-0.3, -0.25) is 4.72 Å². The molecule has 0 amide bonds. The van der Waals surface area contributed by atoms with E-state index >= 15 is 0 Å². The first-order valence-corrected chi connectivity index (χ1v) is 9.66. The number of anilines is 2. The molecule has 5 nitrogen and oxygen atoms in total. The maximum Gasteiger partial charge on any atom is 0.236 e. The van der Waals surface area contributed by atoms with Gasteiger partial charge in [-0.2, -0.15) is 0 Å². The molecule has 1 N–H and O–H groups in total. The third kappa shape index (κ3) is 4.49. The Bertz CT molecular complexity index is 765. The summed E-state index contributed by atoms with van der Waals surface area (Å²) in [6.45, 7) is 5.15. The van der Waals surface area contributed by atoms with Crippen LogP contribution in [0.3, 0.4) is 0 Å². The van der Waals surface area contributed by atoms with E-state index in [9.17, 15) is 8.42 Å².